The van der Waals surface area contributed by atoms with E-state index in [-0.39, 0.29) is 10.8 Å². The van der Waals surface area contributed by atoms with Gasteiger partial charge in [-0.3, -0.25) is 0 Å². The fourth-order valence-corrected chi connectivity index (χ4v) is 13.8. The maximum Gasteiger partial charge on any atom is 0.0465 e. The van der Waals surface area contributed by atoms with Crippen LogP contribution in [-0.4, -0.2) is 0 Å². The van der Waals surface area contributed by atoms with Crippen molar-refractivity contribution in [3.8, 4) is 55.6 Å². The minimum absolute atomic E-state index is 0.123. The summed E-state index contributed by atoms with van der Waals surface area (Å²) >= 11 is 1.90. The molecule has 0 fully saturated rings. The molecule has 336 valence electrons. The Morgan fingerprint density at radius 3 is 1.63 bits per heavy atom. The first-order valence-corrected chi connectivity index (χ1v) is 25.6. The average molecular weight is 924 g/mol. The van der Waals surface area contributed by atoms with E-state index in [2.05, 4.69) is 268 Å². The fourth-order valence-electron chi connectivity index (χ4n) is 12.6. The van der Waals surface area contributed by atoms with E-state index < -0.39 is 0 Å². The Morgan fingerprint density at radius 2 is 0.887 bits per heavy atom. The van der Waals surface area contributed by atoms with Crippen molar-refractivity contribution < 1.29 is 0 Å². The SMILES string of the molecule is CC1(C)c2ccccc2-c2cccc(-c3ccccc3-c3ccc(N(c4ccc(-c5cccc6sc7c8ccccc8ccc7c56)cc4)c4ccc5c(c4)C(C)(c4ccccc4)c4ccccc4-5)cc3)c21. The van der Waals surface area contributed by atoms with Gasteiger partial charge >= 0.3 is 0 Å². The van der Waals surface area contributed by atoms with Crippen LogP contribution in [0.5, 0.6) is 0 Å². The van der Waals surface area contributed by atoms with Crippen LogP contribution in [0.2, 0.25) is 0 Å². The highest BCUT2D eigenvalue weighted by Gasteiger charge is 2.41. The number of nitrogens with zero attached hydrogens (tertiary/aromatic N) is 1. The number of hydrogen-bond acceptors (Lipinski definition) is 2. The predicted octanol–water partition coefficient (Wildman–Crippen LogP) is 19.3. The molecule has 71 heavy (non-hydrogen) atoms. The summed E-state index contributed by atoms with van der Waals surface area (Å²) < 4.78 is 2.66. The maximum atomic E-state index is 2.46. The molecule has 0 saturated heterocycles. The lowest BCUT2D eigenvalue weighted by molar-refractivity contribution is 0.662. The summed E-state index contributed by atoms with van der Waals surface area (Å²) in [7, 11) is 0. The van der Waals surface area contributed by atoms with E-state index in [1.54, 1.807) is 0 Å². The van der Waals surface area contributed by atoms with Gasteiger partial charge in [-0.15, -0.1) is 11.3 Å². The third kappa shape index (κ3) is 6.24. The lowest BCUT2D eigenvalue weighted by Gasteiger charge is -2.31. The van der Waals surface area contributed by atoms with E-state index >= 15 is 0 Å². The molecule has 0 amide bonds. The van der Waals surface area contributed by atoms with Crippen molar-refractivity contribution >= 4 is 59.3 Å². The molecule has 14 rings (SSSR count). The monoisotopic (exact) mass is 923 g/mol. The first-order chi connectivity index (χ1) is 34.9. The standard InChI is InChI=1S/C69H49NS/c1-68(2)61-28-13-11-24-56(61)59-27-15-26-58(66(59)68)54-22-10-9-20-51(54)45-31-36-48(37-32-45)70(50-40-42-57-55-23-12-14-29-62(55)69(3,63(57)43-50)47-18-5-4-6-19-47)49-38-33-46(34-39-49)52-25-16-30-64-65(52)60-41-35-44-17-7-8-21-53(44)67(60)71-64/h4-43H,1-3H3. The van der Waals surface area contributed by atoms with Gasteiger partial charge in [-0.2, -0.15) is 0 Å². The summed E-state index contributed by atoms with van der Waals surface area (Å²) in [5.41, 5.74) is 22.3. The highest BCUT2D eigenvalue weighted by Crippen LogP contribution is 2.55. The molecule has 0 N–H and O–H groups in total. The summed E-state index contributed by atoms with van der Waals surface area (Å²) in [5.74, 6) is 0. The van der Waals surface area contributed by atoms with Crippen molar-refractivity contribution in [2.24, 2.45) is 0 Å². The van der Waals surface area contributed by atoms with E-state index in [1.807, 2.05) is 11.3 Å². The minimum atomic E-state index is -0.326. The first kappa shape index (κ1) is 41.7. The first-order valence-electron chi connectivity index (χ1n) is 24.8. The molecule has 1 unspecified atom stereocenters. The zero-order valence-corrected chi connectivity index (χ0v) is 40.8. The molecule has 2 heteroatoms. The van der Waals surface area contributed by atoms with Crippen LogP contribution < -0.4 is 4.90 Å². The Morgan fingerprint density at radius 1 is 0.352 bits per heavy atom. The smallest absolute Gasteiger partial charge is 0.0465 e. The van der Waals surface area contributed by atoms with Crippen molar-refractivity contribution in [2.75, 3.05) is 4.90 Å². The van der Waals surface area contributed by atoms with Gasteiger partial charge in [0, 0.05) is 48.1 Å². The fraction of sp³-hybridized carbons (Fsp3) is 0.0725. The summed E-state index contributed by atoms with van der Waals surface area (Å²) in [5, 5.41) is 5.24. The van der Waals surface area contributed by atoms with Crippen LogP contribution in [-0.2, 0) is 10.8 Å². The molecule has 0 bridgehead atoms. The third-order valence-electron chi connectivity index (χ3n) is 16.0. The Balaban J connectivity index is 0.906. The van der Waals surface area contributed by atoms with Gasteiger partial charge in [0.25, 0.3) is 0 Å². The van der Waals surface area contributed by atoms with Crippen molar-refractivity contribution in [3.63, 3.8) is 0 Å². The highest BCUT2D eigenvalue weighted by atomic mass is 32.1. The topological polar surface area (TPSA) is 3.24 Å². The van der Waals surface area contributed by atoms with Crippen molar-refractivity contribution in [1.82, 2.24) is 0 Å². The Bertz CT molecular complexity index is 4080. The van der Waals surface area contributed by atoms with Crippen LogP contribution in [0.25, 0.3) is 86.6 Å². The molecule has 0 radical (unpaired) electrons. The molecule has 11 aromatic carbocycles. The summed E-state index contributed by atoms with van der Waals surface area (Å²) in [6.45, 7) is 7.17. The average Bonchev–Trinajstić information content (AvgIpc) is 4.03. The second-order valence-corrected chi connectivity index (χ2v) is 21.1. The van der Waals surface area contributed by atoms with Crippen LogP contribution in [0.1, 0.15) is 48.6 Å². The van der Waals surface area contributed by atoms with Crippen molar-refractivity contribution in [3.05, 3.63) is 270 Å². The quantitative estimate of drug-likeness (QED) is 0.154. The van der Waals surface area contributed by atoms with Gasteiger partial charge in [0.2, 0.25) is 0 Å². The van der Waals surface area contributed by atoms with Crippen LogP contribution in [0.15, 0.2) is 243 Å². The lowest BCUT2D eigenvalue weighted by Crippen LogP contribution is -2.22. The van der Waals surface area contributed by atoms with Gasteiger partial charge in [0.15, 0.2) is 0 Å². The number of hydrogen-bond donors (Lipinski definition) is 0. The Kier molecular flexibility index (Phi) is 9.31. The van der Waals surface area contributed by atoms with Gasteiger partial charge in [-0.05, 0) is 144 Å². The normalized spacial score (nSPS) is 15.1. The molecule has 2 aliphatic carbocycles. The van der Waals surface area contributed by atoms with E-state index in [0.717, 1.165) is 17.1 Å². The molecular formula is C69H49NS. The van der Waals surface area contributed by atoms with Gasteiger partial charge in [-0.1, -0.05) is 214 Å². The van der Waals surface area contributed by atoms with Crippen molar-refractivity contribution in [1.29, 1.82) is 0 Å². The molecule has 2 aliphatic rings. The Labute approximate surface area is 419 Å². The molecule has 1 heterocycles. The molecule has 1 atom stereocenters. The van der Waals surface area contributed by atoms with E-state index in [4.69, 9.17) is 0 Å². The molecule has 1 nitrogen and oxygen atoms in total. The van der Waals surface area contributed by atoms with Crippen LogP contribution in [0, 0.1) is 0 Å². The van der Waals surface area contributed by atoms with Crippen LogP contribution in [0.4, 0.5) is 17.1 Å². The second-order valence-electron chi connectivity index (χ2n) is 20.1. The predicted molar refractivity (Wildman–Crippen MR) is 303 cm³/mol. The van der Waals surface area contributed by atoms with Crippen LogP contribution >= 0.6 is 11.3 Å². The minimum Gasteiger partial charge on any atom is -0.310 e. The van der Waals surface area contributed by atoms with Gasteiger partial charge in [-0.25, -0.2) is 0 Å². The largest absolute Gasteiger partial charge is 0.310 e. The molecule has 0 spiro atoms. The van der Waals surface area contributed by atoms with Crippen LogP contribution in [0.3, 0.4) is 0 Å². The highest BCUT2D eigenvalue weighted by molar-refractivity contribution is 7.26. The summed E-state index contributed by atoms with van der Waals surface area (Å²) in [6, 6.07) is 90.6. The number of rotatable bonds is 7. The zero-order chi connectivity index (χ0) is 47.4. The lowest BCUT2D eigenvalue weighted by atomic mass is 9.74. The zero-order valence-electron chi connectivity index (χ0n) is 39.9. The number of anilines is 3. The summed E-state index contributed by atoms with van der Waals surface area (Å²) in [6.07, 6.45) is 0. The van der Waals surface area contributed by atoms with Gasteiger partial charge in [0.1, 0.15) is 0 Å². The summed E-state index contributed by atoms with van der Waals surface area (Å²) in [4.78, 5) is 2.45. The second kappa shape index (κ2) is 15.9. The molecule has 0 saturated carbocycles. The number of benzene rings is 11. The van der Waals surface area contributed by atoms with Gasteiger partial charge in [0.05, 0.1) is 0 Å². The Hall–Kier alpha value is -8.30. The van der Waals surface area contributed by atoms with E-state index in [1.165, 1.54) is 114 Å². The molecule has 1 aromatic heterocycles. The molecule has 12 aromatic rings. The number of fused-ring (bicyclic) bond motifs is 11. The van der Waals surface area contributed by atoms with E-state index in [9.17, 15) is 0 Å². The third-order valence-corrected chi connectivity index (χ3v) is 17.2. The number of thiophene rings is 1. The van der Waals surface area contributed by atoms with Gasteiger partial charge < -0.3 is 4.90 Å². The maximum absolute atomic E-state index is 2.46. The van der Waals surface area contributed by atoms with E-state index in [0.29, 0.717) is 0 Å². The molecular weight excluding hydrogens is 875 g/mol. The molecule has 0 aliphatic heterocycles. The van der Waals surface area contributed by atoms with Crippen molar-refractivity contribution in [2.45, 2.75) is 31.6 Å².